The Bertz CT molecular complexity index is 1010. The molecule has 34 heavy (non-hydrogen) atoms. The highest BCUT2D eigenvalue weighted by molar-refractivity contribution is 5.82. The molecule has 1 aromatic heterocycles. The lowest BCUT2D eigenvalue weighted by Crippen LogP contribution is -2.63. The summed E-state index contributed by atoms with van der Waals surface area (Å²) >= 11 is 0. The van der Waals surface area contributed by atoms with E-state index in [0.29, 0.717) is 18.3 Å². The fourth-order valence-electron chi connectivity index (χ4n) is 7.55. The molecular weight excluding hydrogens is 426 g/mol. The van der Waals surface area contributed by atoms with E-state index in [-0.39, 0.29) is 17.5 Å². The molecule has 1 aliphatic heterocycles. The van der Waals surface area contributed by atoms with E-state index in [4.69, 9.17) is 4.52 Å². The number of piperazine rings is 1. The minimum atomic E-state index is -0.0776. The summed E-state index contributed by atoms with van der Waals surface area (Å²) in [6, 6.07) is 8.03. The van der Waals surface area contributed by atoms with Gasteiger partial charge in [0.05, 0.1) is 12.6 Å². The van der Waals surface area contributed by atoms with E-state index >= 15 is 0 Å². The van der Waals surface area contributed by atoms with Gasteiger partial charge in [0, 0.05) is 37.3 Å². The van der Waals surface area contributed by atoms with Gasteiger partial charge in [-0.2, -0.15) is 4.98 Å². The number of rotatable bonds is 6. The van der Waals surface area contributed by atoms with Crippen LogP contribution in [0.5, 0.6) is 0 Å². The van der Waals surface area contributed by atoms with Crippen molar-refractivity contribution in [3.63, 3.8) is 0 Å². The van der Waals surface area contributed by atoms with Crippen LogP contribution < -0.4 is 5.32 Å². The third kappa shape index (κ3) is 4.29. The maximum Gasteiger partial charge on any atom is 0.241 e. The first-order valence-corrected chi connectivity index (χ1v) is 13.1. The first kappa shape index (κ1) is 22.2. The van der Waals surface area contributed by atoms with Crippen molar-refractivity contribution in [3.8, 4) is 11.4 Å². The zero-order valence-electron chi connectivity index (χ0n) is 20.5. The maximum absolute atomic E-state index is 13.3. The Morgan fingerprint density at radius 2 is 1.74 bits per heavy atom. The van der Waals surface area contributed by atoms with Gasteiger partial charge in [-0.3, -0.25) is 14.6 Å². The van der Waals surface area contributed by atoms with Gasteiger partial charge in [-0.15, -0.1) is 0 Å². The third-order valence-corrected chi connectivity index (χ3v) is 8.97. The molecule has 182 valence electrons. The molecule has 1 amide bonds. The molecule has 5 fully saturated rings. The molecule has 1 unspecified atom stereocenters. The predicted molar refractivity (Wildman–Crippen MR) is 130 cm³/mol. The standard InChI is InChI=1S/C27H37N5O2/c1-18-5-3-4-6-23(18)25-28-24(34-30-25)17-31-7-9-32(10-8-31)19(2)26(33)29-27-14-20-11-21(15-27)13-22(12-20)16-27/h3-6,19-22H,7-17H2,1-2H3,(H,29,33). The van der Waals surface area contributed by atoms with Gasteiger partial charge in [0.2, 0.25) is 17.6 Å². The van der Waals surface area contributed by atoms with Gasteiger partial charge < -0.3 is 9.84 Å². The normalized spacial score (nSPS) is 32.1. The van der Waals surface area contributed by atoms with Crippen LogP contribution in [0.3, 0.4) is 0 Å². The lowest BCUT2D eigenvalue weighted by molar-refractivity contribution is -0.132. The molecule has 2 aromatic rings. The topological polar surface area (TPSA) is 74.5 Å². The molecule has 1 N–H and O–H groups in total. The van der Waals surface area contributed by atoms with Crippen molar-refractivity contribution in [1.29, 1.82) is 0 Å². The second-order valence-corrected chi connectivity index (χ2v) is 11.5. The monoisotopic (exact) mass is 463 g/mol. The maximum atomic E-state index is 13.3. The smallest absolute Gasteiger partial charge is 0.241 e. The first-order chi connectivity index (χ1) is 16.5. The minimum Gasteiger partial charge on any atom is -0.349 e. The Kier molecular flexibility index (Phi) is 5.72. The summed E-state index contributed by atoms with van der Waals surface area (Å²) in [5.41, 5.74) is 2.25. The van der Waals surface area contributed by atoms with E-state index < -0.39 is 0 Å². The third-order valence-electron chi connectivity index (χ3n) is 8.97. The fraction of sp³-hybridized carbons (Fsp3) is 0.667. The second-order valence-electron chi connectivity index (χ2n) is 11.5. The molecule has 1 aromatic carbocycles. The van der Waals surface area contributed by atoms with Crippen molar-refractivity contribution in [2.75, 3.05) is 26.2 Å². The SMILES string of the molecule is Cc1ccccc1-c1noc(CN2CCN(C(C)C(=O)NC34CC5CC(CC(C5)C3)C4)CC2)n1. The first-order valence-electron chi connectivity index (χ1n) is 13.1. The Morgan fingerprint density at radius 1 is 1.09 bits per heavy atom. The van der Waals surface area contributed by atoms with Crippen LogP contribution in [-0.4, -0.2) is 63.6 Å². The largest absolute Gasteiger partial charge is 0.349 e. The van der Waals surface area contributed by atoms with Crippen LogP contribution in [0.1, 0.15) is 56.9 Å². The summed E-state index contributed by atoms with van der Waals surface area (Å²) in [6.07, 6.45) is 7.83. The molecule has 0 spiro atoms. The number of hydrogen-bond donors (Lipinski definition) is 1. The molecule has 1 saturated heterocycles. The minimum absolute atomic E-state index is 0.0776. The van der Waals surface area contributed by atoms with Crippen LogP contribution in [-0.2, 0) is 11.3 Å². The Balaban J connectivity index is 1.01. The van der Waals surface area contributed by atoms with Gasteiger partial charge in [0.25, 0.3) is 0 Å². The number of nitrogens with one attached hydrogen (secondary N) is 1. The van der Waals surface area contributed by atoms with E-state index in [2.05, 4.69) is 45.2 Å². The summed E-state index contributed by atoms with van der Waals surface area (Å²) in [5, 5.41) is 7.76. The summed E-state index contributed by atoms with van der Waals surface area (Å²) in [7, 11) is 0. The molecule has 4 aliphatic carbocycles. The molecule has 1 atom stereocenters. The average molecular weight is 464 g/mol. The van der Waals surface area contributed by atoms with Crippen molar-refractivity contribution in [2.45, 2.75) is 70.5 Å². The van der Waals surface area contributed by atoms with Crippen molar-refractivity contribution in [1.82, 2.24) is 25.3 Å². The highest BCUT2D eigenvalue weighted by Gasteiger charge is 2.51. The van der Waals surface area contributed by atoms with Gasteiger partial charge in [-0.1, -0.05) is 29.4 Å². The molecule has 4 saturated carbocycles. The fourth-order valence-corrected chi connectivity index (χ4v) is 7.55. The predicted octanol–water partition coefficient (Wildman–Crippen LogP) is 3.64. The van der Waals surface area contributed by atoms with Gasteiger partial charge in [-0.25, -0.2) is 0 Å². The number of carbonyl (C=O) groups is 1. The van der Waals surface area contributed by atoms with E-state index in [1.807, 2.05) is 18.2 Å². The van der Waals surface area contributed by atoms with Crippen LogP contribution in [0.15, 0.2) is 28.8 Å². The van der Waals surface area contributed by atoms with Crippen molar-refractivity contribution in [3.05, 3.63) is 35.7 Å². The van der Waals surface area contributed by atoms with Crippen LogP contribution in [0.4, 0.5) is 0 Å². The molecule has 7 heteroatoms. The molecule has 7 nitrogen and oxygen atoms in total. The number of aromatic nitrogens is 2. The van der Waals surface area contributed by atoms with E-state index in [0.717, 1.165) is 55.1 Å². The van der Waals surface area contributed by atoms with Crippen LogP contribution >= 0.6 is 0 Å². The summed E-state index contributed by atoms with van der Waals surface area (Å²) < 4.78 is 5.54. The lowest BCUT2D eigenvalue weighted by Gasteiger charge is -2.57. The molecule has 0 radical (unpaired) electrons. The number of aryl methyl sites for hydroxylation is 1. The van der Waals surface area contributed by atoms with E-state index in [1.54, 1.807) is 0 Å². The lowest BCUT2D eigenvalue weighted by atomic mass is 9.53. The quantitative estimate of drug-likeness (QED) is 0.705. The Morgan fingerprint density at radius 3 is 2.38 bits per heavy atom. The summed E-state index contributed by atoms with van der Waals surface area (Å²) in [4.78, 5) is 22.6. The molecule has 4 bridgehead atoms. The zero-order valence-corrected chi connectivity index (χ0v) is 20.5. The van der Waals surface area contributed by atoms with Gasteiger partial charge >= 0.3 is 0 Å². The molecule has 5 aliphatic rings. The zero-order chi connectivity index (χ0) is 23.3. The number of benzene rings is 1. The highest BCUT2D eigenvalue weighted by Crippen LogP contribution is 2.55. The second kappa shape index (κ2) is 8.76. The molecular formula is C27H37N5O2. The van der Waals surface area contributed by atoms with E-state index in [9.17, 15) is 4.79 Å². The van der Waals surface area contributed by atoms with E-state index in [1.165, 1.54) is 38.5 Å². The van der Waals surface area contributed by atoms with Gasteiger partial charge in [0.1, 0.15) is 0 Å². The number of carbonyl (C=O) groups excluding carboxylic acids is 1. The van der Waals surface area contributed by atoms with Crippen molar-refractivity contribution in [2.24, 2.45) is 17.8 Å². The Hall–Kier alpha value is -2.25. The van der Waals surface area contributed by atoms with Crippen molar-refractivity contribution >= 4 is 5.91 Å². The Labute approximate surface area is 202 Å². The molecule has 7 rings (SSSR count). The number of amides is 1. The van der Waals surface area contributed by atoms with Crippen LogP contribution in [0.2, 0.25) is 0 Å². The number of nitrogens with zero attached hydrogens (tertiary/aromatic N) is 4. The highest BCUT2D eigenvalue weighted by atomic mass is 16.5. The molecule has 2 heterocycles. The number of hydrogen-bond acceptors (Lipinski definition) is 6. The average Bonchev–Trinajstić information content (AvgIpc) is 3.26. The van der Waals surface area contributed by atoms with Gasteiger partial charge in [0.15, 0.2) is 0 Å². The summed E-state index contributed by atoms with van der Waals surface area (Å²) in [5.74, 6) is 4.08. The van der Waals surface area contributed by atoms with Crippen LogP contribution in [0, 0.1) is 24.7 Å². The van der Waals surface area contributed by atoms with Crippen LogP contribution in [0.25, 0.3) is 11.4 Å². The van der Waals surface area contributed by atoms with Crippen molar-refractivity contribution < 1.29 is 9.32 Å². The van der Waals surface area contributed by atoms with Gasteiger partial charge in [-0.05, 0) is 75.7 Å². The summed E-state index contributed by atoms with van der Waals surface area (Å²) in [6.45, 7) is 8.36.